The minimum Gasteiger partial charge on any atom is -0.487 e. The van der Waals surface area contributed by atoms with Gasteiger partial charge in [-0.3, -0.25) is 0 Å². The first-order valence-corrected chi connectivity index (χ1v) is 6.83. The van der Waals surface area contributed by atoms with Crippen molar-refractivity contribution in [3.05, 3.63) is 65.2 Å². The molecule has 0 saturated heterocycles. The summed E-state index contributed by atoms with van der Waals surface area (Å²) >= 11 is 0. The number of rotatable bonds is 6. The van der Waals surface area contributed by atoms with E-state index in [1.165, 1.54) is 18.2 Å². The Balaban J connectivity index is 2.33. The largest absolute Gasteiger partial charge is 0.487 e. The molecule has 2 aromatic rings. The second kappa shape index (κ2) is 7.26. The first kappa shape index (κ1) is 15.6. The zero-order valence-corrected chi connectivity index (χ0v) is 12.1. The second-order valence-corrected chi connectivity index (χ2v) is 4.48. The molecule has 2 rings (SSSR count). The highest BCUT2D eigenvalue weighted by molar-refractivity contribution is 5.99. The molecule has 114 valence electrons. The van der Waals surface area contributed by atoms with Crippen LogP contribution in [0.5, 0.6) is 5.75 Å². The highest BCUT2D eigenvalue weighted by atomic mass is 16.5. The van der Waals surface area contributed by atoms with Gasteiger partial charge in [-0.1, -0.05) is 36.4 Å². The summed E-state index contributed by atoms with van der Waals surface area (Å²) in [6.45, 7) is 2.05. The van der Waals surface area contributed by atoms with Crippen molar-refractivity contribution >= 4 is 11.9 Å². The minimum absolute atomic E-state index is 0.0253. The van der Waals surface area contributed by atoms with Gasteiger partial charge in [0.1, 0.15) is 23.5 Å². The van der Waals surface area contributed by atoms with Crippen molar-refractivity contribution in [3.8, 4) is 5.75 Å². The van der Waals surface area contributed by atoms with Crippen molar-refractivity contribution in [2.75, 3.05) is 6.61 Å². The Bertz CT molecular complexity index is 664. The van der Waals surface area contributed by atoms with E-state index in [9.17, 15) is 14.7 Å². The average Bonchev–Trinajstić information content (AvgIpc) is 2.53. The minimum atomic E-state index is -1.16. The Labute approximate surface area is 128 Å². The number of benzene rings is 2. The Morgan fingerprint density at radius 2 is 1.68 bits per heavy atom. The average molecular weight is 300 g/mol. The monoisotopic (exact) mass is 300 g/mol. The van der Waals surface area contributed by atoms with Crippen LogP contribution in [0.15, 0.2) is 48.5 Å². The van der Waals surface area contributed by atoms with Crippen LogP contribution in [0.4, 0.5) is 0 Å². The van der Waals surface area contributed by atoms with Crippen LogP contribution >= 0.6 is 0 Å². The summed E-state index contributed by atoms with van der Waals surface area (Å²) in [6.07, 6.45) is 0. The third-order valence-corrected chi connectivity index (χ3v) is 2.97. The standard InChI is InChI=1S/C17H16O5/c1-2-21-17(20)14-10-6-9-13(16(18)19)15(14)22-11-12-7-4-3-5-8-12/h3-10H,2,11H2,1H3,(H,18,19). The van der Waals surface area contributed by atoms with E-state index in [0.29, 0.717) is 0 Å². The fourth-order valence-corrected chi connectivity index (χ4v) is 1.96. The Morgan fingerprint density at radius 1 is 1.00 bits per heavy atom. The molecule has 0 aromatic heterocycles. The molecule has 0 radical (unpaired) electrons. The molecule has 0 aliphatic heterocycles. The van der Waals surface area contributed by atoms with Crippen LogP contribution in [0, 0.1) is 0 Å². The summed E-state index contributed by atoms with van der Waals surface area (Å²) in [5.74, 6) is -1.74. The zero-order valence-electron chi connectivity index (χ0n) is 12.1. The molecule has 0 fully saturated rings. The normalized spacial score (nSPS) is 10.0. The fraction of sp³-hybridized carbons (Fsp3) is 0.176. The Hall–Kier alpha value is -2.82. The molecule has 0 saturated carbocycles. The van der Waals surface area contributed by atoms with Gasteiger partial charge in [-0.25, -0.2) is 9.59 Å². The van der Waals surface area contributed by atoms with Gasteiger partial charge >= 0.3 is 11.9 Å². The molecule has 0 aliphatic carbocycles. The molecule has 0 heterocycles. The molecule has 0 bridgehead atoms. The molecule has 0 spiro atoms. The zero-order chi connectivity index (χ0) is 15.9. The van der Waals surface area contributed by atoms with Gasteiger partial charge in [-0.15, -0.1) is 0 Å². The molecule has 5 heteroatoms. The molecule has 0 aliphatic rings. The lowest BCUT2D eigenvalue weighted by atomic mass is 10.1. The molecule has 0 amide bonds. The molecule has 0 unspecified atom stereocenters. The predicted molar refractivity (Wildman–Crippen MR) is 80.1 cm³/mol. The summed E-state index contributed by atoms with van der Waals surface area (Å²) in [4.78, 5) is 23.3. The third kappa shape index (κ3) is 3.63. The van der Waals surface area contributed by atoms with Crippen LogP contribution in [-0.2, 0) is 11.3 Å². The van der Waals surface area contributed by atoms with Crippen molar-refractivity contribution in [1.82, 2.24) is 0 Å². The van der Waals surface area contributed by atoms with Gasteiger partial charge in [0.15, 0.2) is 0 Å². The van der Waals surface area contributed by atoms with Crippen LogP contribution in [0.25, 0.3) is 0 Å². The number of esters is 1. The van der Waals surface area contributed by atoms with E-state index in [-0.39, 0.29) is 30.1 Å². The van der Waals surface area contributed by atoms with Crippen LogP contribution in [0.2, 0.25) is 0 Å². The Kier molecular flexibility index (Phi) is 5.14. The number of carboxylic acid groups (broad SMARTS) is 1. The number of hydrogen-bond donors (Lipinski definition) is 1. The van der Waals surface area contributed by atoms with Crippen LogP contribution in [-0.4, -0.2) is 23.7 Å². The van der Waals surface area contributed by atoms with Gasteiger partial charge in [0.05, 0.1) is 6.61 Å². The van der Waals surface area contributed by atoms with Crippen LogP contribution in [0.1, 0.15) is 33.2 Å². The topological polar surface area (TPSA) is 72.8 Å². The van der Waals surface area contributed by atoms with E-state index < -0.39 is 11.9 Å². The van der Waals surface area contributed by atoms with Gasteiger partial charge in [-0.05, 0) is 24.6 Å². The van der Waals surface area contributed by atoms with Gasteiger partial charge in [-0.2, -0.15) is 0 Å². The lowest BCUT2D eigenvalue weighted by Gasteiger charge is -2.13. The number of carboxylic acids is 1. The summed E-state index contributed by atoms with van der Waals surface area (Å²) in [7, 11) is 0. The van der Waals surface area contributed by atoms with Gasteiger partial charge < -0.3 is 14.6 Å². The number of carbonyl (C=O) groups is 2. The molecule has 2 aromatic carbocycles. The molecule has 0 atom stereocenters. The smallest absolute Gasteiger partial charge is 0.341 e. The van der Waals surface area contributed by atoms with E-state index in [1.54, 1.807) is 6.92 Å². The first-order chi connectivity index (χ1) is 10.6. The Morgan fingerprint density at radius 3 is 2.32 bits per heavy atom. The number of hydrogen-bond acceptors (Lipinski definition) is 4. The van der Waals surface area contributed by atoms with E-state index in [0.717, 1.165) is 5.56 Å². The summed E-state index contributed by atoms with van der Waals surface area (Å²) in [5, 5.41) is 9.27. The van der Waals surface area contributed by atoms with Crippen molar-refractivity contribution in [3.63, 3.8) is 0 Å². The number of aromatic carboxylic acids is 1. The summed E-state index contributed by atoms with van der Waals surface area (Å²) in [5.41, 5.74) is 0.914. The highest BCUT2D eigenvalue weighted by Crippen LogP contribution is 2.26. The maximum atomic E-state index is 12.0. The van der Waals surface area contributed by atoms with Crippen molar-refractivity contribution in [2.24, 2.45) is 0 Å². The van der Waals surface area contributed by atoms with Gasteiger partial charge in [0.25, 0.3) is 0 Å². The number of ether oxygens (including phenoxy) is 2. The quantitative estimate of drug-likeness (QED) is 0.830. The van der Waals surface area contributed by atoms with Crippen LogP contribution in [0.3, 0.4) is 0 Å². The van der Waals surface area contributed by atoms with E-state index in [2.05, 4.69) is 0 Å². The van der Waals surface area contributed by atoms with Gasteiger partial charge in [0.2, 0.25) is 0 Å². The summed E-state index contributed by atoms with van der Waals surface area (Å²) in [6, 6.07) is 13.7. The fourth-order valence-electron chi connectivity index (χ4n) is 1.96. The SMILES string of the molecule is CCOC(=O)c1cccc(C(=O)O)c1OCc1ccccc1. The van der Waals surface area contributed by atoms with E-state index in [1.807, 2.05) is 30.3 Å². The maximum absolute atomic E-state index is 12.0. The second-order valence-electron chi connectivity index (χ2n) is 4.48. The van der Waals surface area contributed by atoms with E-state index in [4.69, 9.17) is 9.47 Å². The highest BCUT2D eigenvalue weighted by Gasteiger charge is 2.21. The molecule has 1 N–H and O–H groups in total. The van der Waals surface area contributed by atoms with Crippen molar-refractivity contribution in [2.45, 2.75) is 13.5 Å². The predicted octanol–water partition coefficient (Wildman–Crippen LogP) is 3.14. The molecule has 5 nitrogen and oxygen atoms in total. The lowest BCUT2D eigenvalue weighted by Crippen LogP contribution is -2.11. The first-order valence-electron chi connectivity index (χ1n) is 6.83. The third-order valence-electron chi connectivity index (χ3n) is 2.97. The molecular formula is C17H16O5. The van der Waals surface area contributed by atoms with Crippen LogP contribution < -0.4 is 4.74 Å². The number of para-hydroxylation sites is 1. The summed E-state index contributed by atoms with van der Waals surface area (Å²) < 4.78 is 10.5. The molecular weight excluding hydrogens is 284 g/mol. The van der Waals surface area contributed by atoms with Crippen molar-refractivity contribution in [1.29, 1.82) is 0 Å². The lowest BCUT2D eigenvalue weighted by molar-refractivity contribution is 0.0521. The van der Waals surface area contributed by atoms with E-state index >= 15 is 0 Å². The molecule has 22 heavy (non-hydrogen) atoms. The maximum Gasteiger partial charge on any atom is 0.341 e. The van der Waals surface area contributed by atoms with Gasteiger partial charge in [0, 0.05) is 0 Å². The number of carbonyl (C=O) groups excluding carboxylic acids is 1. The van der Waals surface area contributed by atoms with Crippen molar-refractivity contribution < 1.29 is 24.2 Å².